The Morgan fingerprint density at radius 1 is 1.24 bits per heavy atom. The van der Waals surface area contributed by atoms with E-state index in [1.165, 1.54) is 29.0 Å². The van der Waals surface area contributed by atoms with Crippen molar-refractivity contribution in [3.05, 3.63) is 52.0 Å². The zero-order valence-electron chi connectivity index (χ0n) is 12.1. The second-order valence-electron chi connectivity index (χ2n) is 5.33. The zero-order valence-corrected chi connectivity index (χ0v) is 12.9. The van der Waals surface area contributed by atoms with Crippen LogP contribution in [0.5, 0.6) is 0 Å². The van der Waals surface area contributed by atoms with Gasteiger partial charge in [-0.3, -0.25) is 10.1 Å². The number of amides is 1. The molecular weight excluding hydrogens is 280 g/mol. The fraction of sp³-hybridized carbons (Fsp3) is 0.294. The van der Waals surface area contributed by atoms with Crippen molar-refractivity contribution in [2.24, 2.45) is 0 Å². The van der Waals surface area contributed by atoms with Gasteiger partial charge in [0.1, 0.15) is 0 Å². The van der Waals surface area contributed by atoms with Crippen molar-refractivity contribution in [1.29, 1.82) is 0 Å². The Hall–Kier alpha value is -1.94. The molecule has 0 atom stereocenters. The lowest BCUT2D eigenvalue weighted by molar-refractivity contribution is -0.111. The summed E-state index contributed by atoms with van der Waals surface area (Å²) in [6.45, 7) is 2.05. The third-order valence-corrected chi connectivity index (χ3v) is 4.65. The summed E-state index contributed by atoms with van der Waals surface area (Å²) in [4.78, 5) is 17.8. The van der Waals surface area contributed by atoms with Gasteiger partial charge in [0.05, 0.1) is 5.69 Å². The largest absolute Gasteiger partial charge is 0.298 e. The van der Waals surface area contributed by atoms with E-state index in [9.17, 15) is 4.79 Å². The quantitative estimate of drug-likeness (QED) is 0.871. The summed E-state index contributed by atoms with van der Waals surface area (Å²) < 4.78 is 0. The molecular formula is C17H18N2OS. The normalized spacial score (nSPS) is 14.1. The molecule has 1 aliphatic rings. The molecule has 4 heteroatoms. The molecule has 3 rings (SSSR count). The lowest BCUT2D eigenvalue weighted by atomic mass is 10.0. The zero-order chi connectivity index (χ0) is 14.7. The monoisotopic (exact) mass is 298 g/mol. The highest BCUT2D eigenvalue weighted by Gasteiger charge is 2.15. The summed E-state index contributed by atoms with van der Waals surface area (Å²) in [6.07, 6.45) is 7.96. The maximum Gasteiger partial charge on any atom is 0.250 e. The van der Waals surface area contributed by atoms with Gasteiger partial charge in [0.15, 0.2) is 5.13 Å². The summed E-state index contributed by atoms with van der Waals surface area (Å²) in [6, 6.07) is 8.07. The van der Waals surface area contributed by atoms with Gasteiger partial charge in [0, 0.05) is 11.0 Å². The number of hydrogen-bond donors (Lipinski definition) is 1. The van der Waals surface area contributed by atoms with Gasteiger partial charge in [-0.25, -0.2) is 4.98 Å². The summed E-state index contributed by atoms with van der Waals surface area (Å²) in [7, 11) is 0. The predicted molar refractivity (Wildman–Crippen MR) is 87.6 cm³/mol. The number of carbonyl (C=O) groups excluding carboxylic acids is 1. The molecule has 21 heavy (non-hydrogen) atoms. The third-order valence-electron chi connectivity index (χ3n) is 3.58. The summed E-state index contributed by atoms with van der Waals surface area (Å²) >= 11 is 1.61. The van der Waals surface area contributed by atoms with Gasteiger partial charge in [0.25, 0.3) is 0 Å². The Morgan fingerprint density at radius 2 is 2.00 bits per heavy atom. The van der Waals surface area contributed by atoms with Gasteiger partial charge in [-0.05, 0) is 44.2 Å². The van der Waals surface area contributed by atoms with E-state index in [1.807, 2.05) is 37.3 Å². The number of carbonyl (C=O) groups is 1. The third kappa shape index (κ3) is 3.58. The summed E-state index contributed by atoms with van der Waals surface area (Å²) in [5.74, 6) is -0.123. The van der Waals surface area contributed by atoms with E-state index in [2.05, 4.69) is 10.3 Å². The summed E-state index contributed by atoms with van der Waals surface area (Å²) in [5.41, 5.74) is 3.41. The molecule has 0 aliphatic heterocycles. The van der Waals surface area contributed by atoms with Crippen LogP contribution in [0, 0.1) is 6.92 Å². The first kappa shape index (κ1) is 14.0. The van der Waals surface area contributed by atoms with E-state index in [0.29, 0.717) is 0 Å². The second kappa shape index (κ2) is 6.22. The molecule has 0 spiro atoms. The Kier molecular flexibility index (Phi) is 4.15. The first-order valence-corrected chi connectivity index (χ1v) is 8.07. The predicted octanol–water partition coefficient (Wildman–Crippen LogP) is 3.98. The van der Waals surface area contributed by atoms with Gasteiger partial charge in [-0.15, -0.1) is 11.3 Å². The van der Waals surface area contributed by atoms with E-state index < -0.39 is 0 Å². The number of hydrogen-bond acceptors (Lipinski definition) is 3. The SMILES string of the molecule is Cc1ccc(/C=C/C(=O)Nc2nc3c(s2)CCCC3)cc1. The highest BCUT2D eigenvalue weighted by molar-refractivity contribution is 7.15. The number of aryl methyl sites for hydroxylation is 3. The number of anilines is 1. The first-order valence-electron chi connectivity index (χ1n) is 7.25. The van der Waals surface area contributed by atoms with Crippen LogP contribution in [0.25, 0.3) is 6.08 Å². The molecule has 1 aromatic heterocycles. The van der Waals surface area contributed by atoms with Crippen molar-refractivity contribution in [2.45, 2.75) is 32.6 Å². The Balaban J connectivity index is 1.63. The molecule has 2 aromatic rings. The van der Waals surface area contributed by atoms with Crippen LogP contribution in [0.15, 0.2) is 30.3 Å². The van der Waals surface area contributed by atoms with Crippen LogP contribution in [0.4, 0.5) is 5.13 Å². The van der Waals surface area contributed by atoms with Crippen LogP contribution in [0.2, 0.25) is 0 Å². The number of rotatable bonds is 3. The lowest BCUT2D eigenvalue weighted by Crippen LogP contribution is -2.07. The van der Waals surface area contributed by atoms with Crippen LogP contribution in [0.1, 0.15) is 34.5 Å². The standard InChI is InChI=1S/C17H18N2OS/c1-12-6-8-13(9-7-12)10-11-16(20)19-17-18-14-4-2-3-5-15(14)21-17/h6-11H,2-5H2,1H3,(H,18,19,20)/b11-10+. The van der Waals surface area contributed by atoms with Gasteiger partial charge in [-0.2, -0.15) is 0 Å². The Bertz CT molecular complexity index is 647. The number of nitrogens with zero attached hydrogens (tertiary/aromatic N) is 1. The highest BCUT2D eigenvalue weighted by Crippen LogP contribution is 2.29. The fourth-order valence-electron chi connectivity index (χ4n) is 2.40. The fourth-order valence-corrected chi connectivity index (χ4v) is 3.45. The number of nitrogens with one attached hydrogen (secondary N) is 1. The van der Waals surface area contributed by atoms with E-state index in [-0.39, 0.29) is 5.91 Å². The van der Waals surface area contributed by atoms with Gasteiger partial charge in [0.2, 0.25) is 5.91 Å². The molecule has 0 saturated heterocycles. The van der Waals surface area contributed by atoms with Crippen molar-refractivity contribution in [3.8, 4) is 0 Å². The first-order chi connectivity index (χ1) is 10.2. The minimum absolute atomic E-state index is 0.123. The van der Waals surface area contributed by atoms with Crippen LogP contribution in [-0.4, -0.2) is 10.9 Å². The maximum absolute atomic E-state index is 11.9. The molecule has 1 aliphatic carbocycles. The molecule has 1 aromatic carbocycles. The number of benzene rings is 1. The van der Waals surface area contributed by atoms with Crippen molar-refractivity contribution in [1.82, 2.24) is 4.98 Å². The van der Waals surface area contributed by atoms with E-state index in [0.717, 1.165) is 23.5 Å². The highest BCUT2D eigenvalue weighted by atomic mass is 32.1. The molecule has 0 unspecified atom stereocenters. The smallest absolute Gasteiger partial charge is 0.250 e. The van der Waals surface area contributed by atoms with Crippen molar-refractivity contribution < 1.29 is 4.79 Å². The van der Waals surface area contributed by atoms with Crippen LogP contribution < -0.4 is 5.32 Å². The number of thiazole rings is 1. The van der Waals surface area contributed by atoms with E-state index in [4.69, 9.17) is 0 Å². The van der Waals surface area contributed by atoms with Gasteiger partial charge < -0.3 is 0 Å². The molecule has 1 amide bonds. The second-order valence-corrected chi connectivity index (χ2v) is 6.41. The van der Waals surface area contributed by atoms with Crippen molar-refractivity contribution in [2.75, 3.05) is 5.32 Å². The number of aromatic nitrogens is 1. The molecule has 0 bridgehead atoms. The number of fused-ring (bicyclic) bond motifs is 1. The van der Waals surface area contributed by atoms with Crippen LogP contribution >= 0.6 is 11.3 Å². The molecule has 1 N–H and O–H groups in total. The Labute approximate surface area is 128 Å². The summed E-state index contributed by atoms with van der Waals surface area (Å²) in [5, 5.41) is 3.59. The molecule has 3 nitrogen and oxygen atoms in total. The lowest BCUT2D eigenvalue weighted by Gasteiger charge is -2.06. The van der Waals surface area contributed by atoms with E-state index in [1.54, 1.807) is 17.4 Å². The van der Waals surface area contributed by atoms with Crippen molar-refractivity contribution in [3.63, 3.8) is 0 Å². The molecule has 0 saturated carbocycles. The minimum Gasteiger partial charge on any atom is -0.298 e. The topological polar surface area (TPSA) is 42.0 Å². The molecule has 108 valence electrons. The Morgan fingerprint density at radius 3 is 2.76 bits per heavy atom. The van der Waals surface area contributed by atoms with E-state index >= 15 is 0 Å². The van der Waals surface area contributed by atoms with Crippen LogP contribution in [-0.2, 0) is 17.6 Å². The van der Waals surface area contributed by atoms with Gasteiger partial charge in [-0.1, -0.05) is 29.8 Å². The minimum atomic E-state index is -0.123. The molecule has 1 heterocycles. The molecule has 0 fully saturated rings. The van der Waals surface area contributed by atoms with Gasteiger partial charge >= 0.3 is 0 Å². The maximum atomic E-state index is 11.9. The van der Waals surface area contributed by atoms with Crippen molar-refractivity contribution >= 4 is 28.5 Å². The van der Waals surface area contributed by atoms with Crippen LogP contribution in [0.3, 0.4) is 0 Å². The average molecular weight is 298 g/mol. The molecule has 0 radical (unpaired) electrons. The average Bonchev–Trinajstić information content (AvgIpc) is 2.88.